The number of carbonyl (C=O) groups is 1. The number of ether oxygens (including phenoxy) is 1. The maximum Gasteiger partial charge on any atom is 0.248 e. The standard InChI is InChI=1S/C15H30N2O2/c1-5-10-17(11-13-6-8-16-9-7-13)14(18)12-19-15(2,3)4/h13,16H,5-12H2,1-4H3. The van der Waals surface area contributed by atoms with Gasteiger partial charge in [0, 0.05) is 13.1 Å². The normalized spacial score (nSPS) is 17.5. The van der Waals surface area contributed by atoms with Crippen LogP contribution in [0.4, 0.5) is 0 Å². The van der Waals surface area contributed by atoms with E-state index >= 15 is 0 Å². The Labute approximate surface area is 117 Å². The highest BCUT2D eigenvalue weighted by Gasteiger charge is 2.21. The number of hydrogen-bond acceptors (Lipinski definition) is 3. The van der Waals surface area contributed by atoms with E-state index in [2.05, 4.69) is 12.2 Å². The second-order valence-corrected chi connectivity index (χ2v) is 6.43. The fraction of sp³-hybridized carbons (Fsp3) is 0.933. The lowest BCUT2D eigenvalue weighted by atomic mass is 9.97. The van der Waals surface area contributed by atoms with Crippen molar-refractivity contribution < 1.29 is 9.53 Å². The molecule has 1 N–H and O–H groups in total. The first-order valence-electron chi connectivity index (χ1n) is 7.55. The van der Waals surface area contributed by atoms with Crippen LogP contribution >= 0.6 is 0 Å². The van der Waals surface area contributed by atoms with Gasteiger partial charge in [-0.2, -0.15) is 0 Å². The minimum absolute atomic E-state index is 0.135. The third-order valence-electron chi connectivity index (χ3n) is 3.41. The number of nitrogens with one attached hydrogen (secondary N) is 1. The van der Waals surface area contributed by atoms with Gasteiger partial charge in [-0.15, -0.1) is 0 Å². The molecule has 19 heavy (non-hydrogen) atoms. The van der Waals surface area contributed by atoms with Crippen LogP contribution in [0.5, 0.6) is 0 Å². The molecule has 0 radical (unpaired) electrons. The number of carbonyl (C=O) groups excluding carboxylic acids is 1. The van der Waals surface area contributed by atoms with Gasteiger partial charge >= 0.3 is 0 Å². The summed E-state index contributed by atoms with van der Waals surface area (Å²) in [4.78, 5) is 14.2. The van der Waals surface area contributed by atoms with Crippen LogP contribution in [0.25, 0.3) is 0 Å². The highest BCUT2D eigenvalue weighted by molar-refractivity contribution is 5.77. The smallest absolute Gasteiger partial charge is 0.248 e. The molecule has 0 atom stereocenters. The molecule has 1 rings (SSSR count). The van der Waals surface area contributed by atoms with Gasteiger partial charge in [0.05, 0.1) is 5.60 Å². The van der Waals surface area contributed by atoms with Gasteiger partial charge in [-0.25, -0.2) is 0 Å². The van der Waals surface area contributed by atoms with Crippen LogP contribution in [-0.2, 0) is 9.53 Å². The summed E-state index contributed by atoms with van der Waals surface area (Å²) in [5.41, 5.74) is -0.248. The van der Waals surface area contributed by atoms with Gasteiger partial charge in [0.15, 0.2) is 0 Å². The van der Waals surface area contributed by atoms with Crippen LogP contribution in [0.2, 0.25) is 0 Å². The second-order valence-electron chi connectivity index (χ2n) is 6.43. The predicted molar refractivity (Wildman–Crippen MR) is 78.2 cm³/mol. The summed E-state index contributed by atoms with van der Waals surface area (Å²) in [6, 6.07) is 0. The van der Waals surface area contributed by atoms with E-state index in [0.29, 0.717) is 5.92 Å². The van der Waals surface area contributed by atoms with E-state index in [0.717, 1.165) is 32.6 Å². The summed E-state index contributed by atoms with van der Waals surface area (Å²) in [6.07, 6.45) is 3.35. The number of piperidine rings is 1. The molecular weight excluding hydrogens is 240 g/mol. The lowest BCUT2D eigenvalue weighted by molar-refractivity contribution is -0.141. The van der Waals surface area contributed by atoms with Gasteiger partial charge in [0.1, 0.15) is 6.61 Å². The van der Waals surface area contributed by atoms with E-state index in [9.17, 15) is 4.79 Å². The molecular formula is C15H30N2O2. The quantitative estimate of drug-likeness (QED) is 0.803. The van der Waals surface area contributed by atoms with Crippen molar-refractivity contribution in [2.24, 2.45) is 5.92 Å². The molecule has 4 nitrogen and oxygen atoms in total. The molecule has 1 amide bonds. The molecule has 0 saturated carbocycles. The molecule has 0 aromatic rings. The van der Waals surface area contributed by atoms with Gasteiger partial charge in [0.2, 0.25) is 5.91 Å². The van der Waals surface area contributed by atoms with Crippen molar-refractivity contribution in [1.82, 2.24) is 10.2 Å². The summed E-state index contributed by atoms with van der Waals surface area (Å²) in [6.45, 7) is 12.2. The van der Waals surface area contributed by atoms with Crippen LogP contribution in [0.3, 0.4) is 0 Å². The molecule has 0 aliphatic carbocycles. The average Bonchev–Trinajstić information content (AvgIpc) is 2.36. The molecule has 0 unspecified atom stereocenters. The fourth-order valence-electron chi connectivity index (χ4n) is 2.33. The first-order valence-corrected chi connectivity index (χ1v) is 7.55. The summed E-state index contributed by atoms with van der Waals surface area (Å²) in [7, 11) is 0. The number of rotatable bonds is 6. The van der Waals surface area contributed by atoms with Crippen molar-refractivity contribution in [1.29, 1.82) is 0 Å². The molecule has 1 aliphatic rings. The van der Waals surface area contributed by atoms with Gasteiger partial charge in [-0.05, 0) is 59.0 Å². The lowest BCUT2D eigenvalue weighted by Crippen LogP contribution is -2.42. The van der Waals surface area contributed by atoms with Gasteiger partial charge in [0.25, 0.3) is 0 Å². The summed E-state index contributed by atoms with van der Waals surface area (Å²) < 4.78 is 5.60. The van der Waals surface area contributed by atoms with E-state index in [1.54, 1.807) is 0 Å². The monoisotopic (exact) mass is 270 g/mol. The Bertz CT molecular complexity index is 268. The van der Waals surface area contributed by atoms with Gasteiger partial charge in [-0.3, -0.25) is 4.79 Å². The van der Waals surface area contributed by atoms with E-state index in [4.69, 9.17) is 4.74 Å². The van der Waals surface area contributed by atoms with Crippen molar-refractivity contribution in [3.63, 3.8) is 0 Å². The van der Waals surface area contributed by atoms with E-state index in [-0.39, 0.29) is 18.1 Å². The Balaban J connectivity index is 2.43. The maximum absolute atomic E-state index is 12.2. The SMILES string of the molecule is CCCN(CC1CCNCC1)C(=O)COC(C)(C)C. The maximum atomic E-state index is 12.2. The van der Waals surface area contributed by atoms with Crippen LogP contribution in [0.15, 0.2) is 0 Å². The molecule has 4 heteroatoms. The van der Waals surface area contributed by atoms with E-state index < -0.39 is 0 Å². The highest BCUT2D eigenvalue weighted by atomic mass is 16.5. The first-order chi connectivity index (χ1) is 8.92. The molecule has 1 saturated heterocycles. The van der Waals surface area contributed by atoms with E-state index in [1.165, 1.54) is 12.8 Å². The van der Waals surface area contributed by atoms with Crippen molar-refractivity contribution in [3.05, 3.63) is 0 Å². The Morgan fingerprint density at radius 2 is 1.95 bits per heavy atom. The minimum atomic E-state index is -0.248. The summed E-state index contributed by atoms with van der Waals surface area (Å²) >= 11 is 0. The Kier molecular flexibility index (Phi) is 6.80. The molecule has 0 aromatic heterocycles. The third kappa shape index (κ3) is 6.92. The van der Waals surface area contributed by atoms with Crippen molar-refractivity contribution in [3.8, 4) is 0 Å². The molecule has 1 fully saturated rings. The highest BCUT2D eigenvalue weighted by Crippen LogP contribution is 2.14. The zero-order valence-corrected chi connectivity index (χ0v) is 13.0. The second kappa shape index (κ2) is 7.85. The average molecular weight is 270 g/mol. The number of amides is 1. The summed E-state index contributed by atoms with van der Waals surface area (Å²) in [5.74, 6) is 0.779. The Morgan fingerprint density at radius 1 is 1.32 bits per heavy atom. The molecule has 1 heterocycles. The number of hydrogen-bond donors (Lipinski definition) is 1. The zero-order chi connectivity index (χ0) is 14.3. The van der Waals surface area contributed by atoms with Crippen LogP contribution in [0.1, 0.15) is 47.0 Å². The van der Waals surface area contributed by atoms with Crippen LogP contribution in [-0.4, -0.2) is 49.2 Å². The van der Waals surface area contributed by atoms with Crippen molar-refractivity contribution in [2.75, 3.05) is 32.8 Å². The number of nitrogens with zero attached hydrogens (tertiary/aromatic N) is 1. The Morgan fingerprint density at radius 3 is 2.47 bits per heavy atom. The third-order valence-corrected chi connectivity index (χ3v) is 3.41. The lowest BCUT2D eigenvalue weighted by Gasteiger charge is -2.31. The molecule has 0 spiro atoms. The predicted octanol–water partition coefficient (Wildman–Crippen LogP) is 2.04. The van der Waals surface area contributed by atoms with Crippen molar-refractivity contribution >= 4 is 5.91 Å². The van der Waals surface area contributed by atoms with Crippen LogP contribution in [0, 0.1) is 5.92 Å². The summed E-state index contributed by atoms with van der Waals surface area (Å²) in [5, 5.41) is 3.37. The van der Waals surface area contributed by atoms with Gasteiger partial charge in [-0.1, -0.05) is 6.92 Å². The zero-order valence-electron chi connectivity index (χ0n) is 13.0. The molecule has 1 aliphatic heterocycles. The van der Waals surface area contributed by atoms with Crippen LogP contribution < -0.4 is 5.32 Å². The van der Waals surface area contributed by atoms with E-state index in [1.807, 2.05) is 25.7 Å². The molecule has 0 aromatic carbocycles. The molecule has 112 valence electrons. The van der Waals surface area contributed by atoms with Gasteiger partial charge < -0.3 is 15.0 Å². The minimum Gasteiger partial charge on any atom is -0.366 e. The Hall–Kier alpha value is -0.610. The fourth-order valence-corrected chi connectivity index (χ4v) is 2.33. The molecule has 0 bridgehead atoms. The van der Waals surface area contributed by atoms with Crippen molar-refractivity contribution in [2.45, 2.75) is 52.6 Å². The largest absolute Gasteiger partial charge is 0.366 e. The first kappa shape index (κ1) is 16.4. The topological polar surface area (TPSA) is 41.6 Å².